The second kappa shape index (κ2) is 8.15. The lowest BCUT2D eigenvalue weighted by Gasteiger charge is -2.39. The molecule has 132 valence electrons. The number of hydrogen-bond acceptors (Lipinski definition) is 3. The van der Waals surface area contributed by atoms with Crippen LogP contribution in [0.25, 0.3) is 0 Å². The fourth-order valence-electron chi connectivity index (χ4n) is 3.08. The highest BCUT2D eigenvalue weighted by atomic mass is 16.5. The molecule has 1 aliphatic heterocycles. The molecule has 2 amide bonds. The molecule has 2 rings (SSSR count). The summed E-state index contributed by atoms with van der Waals surface area (Å²) < 4.78 is 5.05. The summed E-state index contributed by atoms with van der Waals surface area (Å²) in [7, 11) is 1.56. The van der Waals surface area contributed by atoms with E-state index in [0.29, 0.717) is 39.0 Å². The Morgan fingerprint density at radius 3 is 2.67 bits per heavy atom. The van der Waals surface area contributed by atoms with Crippen molar-refractivity contribution in [3.05, 3.63) is 35.4 Å². The molecular formula is C18H26N2O4. The SMILES string of the molecule is COCC[C@]1(C(=O)O)CCCN(C(=O)NCc2ccc(C)cc2)C1. The molecule has 1 atom stereocenters. The van der Waals surface area contributed by atoms with Gasteiger partial charge in [0.2, 0.25) is 0 Å². The van der Waals surface area contributed by atoms with Crippen molar-refractivity contribution in [1.29, 1.82) is 0 Å². The van der Waals surface area contributed by atoms with Gasteiger partial charge in [-0.15, -0.1) is 0 Å². The number of piperidine rings is 1. The van der Waals surface area contributed by atoms with E-state index >= 15 is 0 Å². The van der Waals surface area contributed by atoms with Crippen LogP contribution in [0.3, 0.4) is 0 Å². The number of hydrogen-bond donors (Lipinski definition) is 2. The Hall–Kier alpha value is -2.08. The van der Waals surface area contributed by atoms with Crippen molar-refractivity contribution in [3.63, 3.8) is 0 Å². The first-order valence-electron chi connectivity index (χ1n) is 8.27. The molecule has 0 saturated carbocycles. The van der Waals surface area contributed by atoms with Gasteiger partial charge in [0.15, 0.2) is 0 Å². The van der Waals surface area contributed by atoms with E-state index in [1.54, 1.807) is 12.0 Å². The van der Waals surface area contributed by atoms with Crippen molar-refractivity contribution < 1.29 is 19.4 Å². The number of amides is 2. The molecule has 0 radical (unpaired) electrons. The molecule has 1 aromatic rings. The minimum Gasteiger partial charge on any atom is -0.481 e. The van der Waals surface area contributed by atoms with Gasteiger partial charge in [0, 0.05) is 33.4 Å². The second-order valence-corrected chi connectivity index (χ2v) is 6.50. The smallest absolute Gasteiger partial charge is 0.317 e. The molecule has 1 aliphatic rings. The van der Waals surface area contributed by atoms with Crippen LogP contribution in [0.4, 0.5) is 4.79 Å². The van der Waals surface area contributed by atoms with Crippen molar-refractivity contribution in [3.8, 4) is 0 Å². The molecule has 1 fully saturated rings. The van der Waals surface area contributed by atoms with Gasteiger partial charge >= 0.3 is 12.0 Å². The Morgan fingerprint density at radius 1 is 1.33 bits per heavy atom. The summed E-state index contributed by atoms with van der Waals surface area (Å²) >= 11 is 0. The topological polar surface area (TPSA) is 78.9 Å². The third-order valence-electron chi connectivity index (χ3n) is 4.67. The highest BCUT2D eigenvalue weighted by Gasteiger charge is 2.43. The zero-order chi connectivity index (χ0) is 17.6. The third kappa shape index (κ3) is 4.47. The number of methoxy groups -OCH3 is 1. The number of benzene rings is 1. The van der Waals surface area contributed by atoms with Crippen molar-refractivity contribution in [2.75, 3.05) is 26.8 Å². The summed E-state index contributed by atoms with van der Waals surface area (Å²) in [6.45, 7) is 3.65. The summed E-state index contributed by atoms with van der Waals surface area (Å²) in [6, 6.07) is 7.75. The molecule has 0 unspecified atom stereocenters. The van der Waals surface area contributed by atoms with E-state index in [-0.39, 0.29) is 12.6 Å². The lowest BCUT2D eigenvalue weighted by atomic mass is 9.77. The molecule has 2 N–H and O–H groups in total. The number of nitrogens with one attached hydrogen (secondary N) is 1. The summed E-state index contributed by atoms with van der Waals surface area (Å²) in [5.74, 6) is -0.851. The van der Waals surface area contributed by atoms with E-state index in [4.69, 9.17) is 4.74 Å². The fourth-order valence-corrected chi connectivity index (χ4v) is 3.08. The summed E-state index contributed by atoms with van der Waals surface area (Å²) in [4.78, 5) is 25.8. The van der Waals surface area contributed by atoms with Crippen LogP contribution in [0, 0.1) is 12.3 Å². The monoisotopic (exact) mass is 334 g/mol. The molecule has 0 spiro atoms. The van der Waals surface area contributed by atoms with E-state index in [1.807, 2.05) is 31.2 Å². The van der Waals surface area contributed by atoms with Gasteiger partial charge in [-0.2, -0.15) is 0 Å². The molecular weight excluding hydrogens is 308 g/mol. The first-order valence-corrected chi connectivity index (χ1v) is 8.27. The lowest BCUT2D eigenvalue weighted by molar-refractivity contribution is -0.153. The quantitative estimate of drug-likeness (QED) is 0.837. The number of rotatable bonds is 6. The Balaban J connectivity index is 1.95. The van der Waals surface area contributed by atoms with Gasteiger partial charge < -0.3 is 20.1 Å². The van der Waals surface area contributed by atoms with Gasteiger partial charge in [-0.05, 0) is 31.7 Å². The zero-order valence-corrected chi connectivity index (χ0v) is 14.4. The van der Waals surface area contributed by atoms with Gasteiger partial charge in [-0.1, -0.05) is 29.8 Å². The first kappa shape index (κ1) is 18.3. The Morgan fingerprint density at radius 2 is 2.04 bits per heavy atom. The molecule has 24 heavy (non-hydrogen) atoms. The molecule has 1 saturated heterocycles. The van der Waals surface area contributed by atoms with E-state index in [2.05, 4.69) is 5.32 Å². The van der Waals surface area contributed by atoms with Crippen molar-refractivity contribution in [2.24, 2.45) is 5.41 Å². The normalized spacial score (nSPS) is 20.7. The van der Waals surface area contributed by atoms with Crippen molar-refractivity contribution in [1.82, 2.24) is 10.2 Å². The molecule has 0 aromatic heterocycles. The van der Waals surface area contributed by atoms with Gasteiger partial charge in [-0.3, -0.25) is 4.79 Å². The van der Waals surface area contributed by atoms with Gasteiger partial charge in [0.1, 0.15) is 0 Å². The number of ether oxygens (including phenoxy) is 1. The van der Waals surface area contributed by atoms with Crippen LogP contribution in [-0.4, -0.2) is 48.8 Å². The predicted molar refractivity (Wildman–Crippen MR) is 90.8 cm³/mol. The predicted octanol–water partition coefficient (Wildman–Crippen LogP) is 2.41. The van der Waals surface area contributed by atoms with Crippen LogP contribution in [-0.2, 0) is 16.1 Å². The number of carboxylic acid groups (broad SMARTS) is 1. The summed E-state index contributed by atoms with van der Waals surface area (Å²) in [5, 5.41) is 12.5. The highest BCUT2D eigenvalue weighted by molar-refractivity contribution is 5.78. The van der Waals surface area contributed by atoms with Crippen LogP contribution >= 0.6 is 0 Å². The largest absolute Gasteiger partial charge is 0.481 e. The number of nitrogens with zero attached hydrogens (tertiary/aromatic N) is 1. The Bertz CT molecular complexity index is 573. The third-order valence-corrected chi connectivity index (χ3v) is 4.67. The molecule has 1 aromatic carbocycles. The summed E-state index contributed by atoms with van der Waals surface area (Å²) in [6.07, 6.45) is 1.68. The highest BCUT2D eigenvalue weighted by Crippen LogP contribution is 2.34. The van der Waals surface area contributed by atoms with Gasteiger partial charge in [-0.25, -0.2) is 4.79 Å². The molecule has 0 bridgehead atoms. The average molecular weight is 334 g/mol. The van der Waals surface area contributed by atoms with E-state index in [9.17, 15) is 14.7 Å². The number of carbonyl (C=O) groups is 2. The van der Waals surface area contributed by atoms with Crippen LogP contribution in [0.1, 0.15) is 30.4 Å². The van der Waals surface area contributed by atoms with E-state index < -0.39 is 11.4 Å². The number of carbonyl (C=O) groups excluding carboxylic acids is 1. The van der Waals surface area contributed by atoms with Gasteiger partial charge in [0.05, 0.1) is 5.41 Å². The average Bonchev–Trinajstić information content (AvgIpc) is 2.59. The number of aliphatic carboxylic acids is 1. The van der Waals surface area contributed by atoms with E-state index in [0.717, 1.165) is 5.56 Å². The van der Waals surface area contributed by atoms with Crippen molar-refractivity contribution in [2.45, 2.75) is 32.7 Å². The molecule has 0 aliphatic carbocycles. The minimum atomic E-state index is -0.907. The number of carboxylic acids is 1. The van der Waals surface area contributed by atoms with Gasteiger partial charge in [0.25, 0.3) is 0 Å². The first-order chi connectivity index (χ1) is 11.5. The van der Waals surface area contributed by atoms with E-state index in [1.165, 1.54) is 5.56 Å². The molecule has 6 heteroatoms. The van der Waals surface area contributed by atoms with Crippen LogP contribution in [0.2, 0.25) is 0 Å². The second-order valence-electron chi connectivity index (χ2n) is 6.50. The maximum absolute atomic E-state index is 12.4. The fraction of sp³-hybridized carbons (Fsp3) is 0.556. The maximum Gasteiger partial charge on any atom is 0.317 e. The minimum absolute atomic E-state index is 0.210. The van der Waals surface area contributed by atoms with Crippen LogP contribution in [0.5, 0.6) is 0 Å². The maximum atomic E-state index is 12.4. The molecule has 6 nitrogen and oxygen atoms in total. The number of urea groups is 1. The lowest BCUT2D eigenvalue weighted by Crippen LogP contribution is -2.52. The Kier molecular flexibility index (Phi) is 6.20. The zero-order valence-electron chi connectivity index (χ0n) is 14.4. The molecule has 1 heterocycles. The summed E-state index contributed by atoms with van der Waals surface area (Å²) in [5.41, 5.74) is 1.29. The Labute approximate surface area is 142 Å². The number of aryl methyl sites for hydroxylation is 1. The number of likely N-dealkylation sites (tertiary alicyclic amines) is 1. The van der Waals surface area contributed by atoms with Crippen molar-refractivity contribution >= 4 is 12.0 Å². The standard InChI is InChI=1S/C18H26N2O4/c1-14-4-6-15(7-5-14)12-19-17(23)20-10-3-8-18(13-20,16(21)22)9-11-24-2/h4-7H,3,8-13H2,1-2H3,(H,19,23)(H,21,22)/t18-/m1/s1. The van der Waals surface area contributed by atoms with Crippen LogP contribution < -0.4 is 5.32 Å². The van der Waals surface area contributed by atoms with Crippen LogP contribution in [0.15, 0.2) is 24.3 Å².